The Labute approximate surface area is 150 Å². The zero-order valence-electron chi connectivity index (χ0n) is 14.5. The number of fused-ring (bicyclic) bond motifs is 1. The lowest BCUT2D eigenvalue weighted by Crippen LogP contribution is -2.09. The van der Waals surface area contributed by atoms with E-state index in [4.69, 9.17) is 4.74 Å². The third-order valence-corrected chi connectivity index (χ3v) is 5.64. The van der Waals surface area contributed by atoms with Crippen molar-refractivity contribution in [1.29, 1.82) is 0 Å². The van der Waals surface area contributed by atoms with Crippen molar-refractivity contribution in [3.8, 4) is 17.1 Å². The standard InChI is InChI=1S/C18H19N3O4S/c1-11-7-15(21-6-5-19-17(22)16(11)21)14-8-13(26(2,23)24)9-20-18(14)25-10-12-3-4-12/h5-9,12H,3-4,10H2,1-2H3,(H,19,22). The summed E-state index contributed by atoms with van der Waals surface area (Å²) in [6.45, 7) is 2.40. The van der Waals surface area contributed by atoms with Crippen LogP contribution < -0.4 is 10.3 Å². The molecule has 0 spiro atoms. The Bertz CT molecular complexity index is 1160. The van der Waals surface area contributed by atoms with Crippen LogP contribution in [0.4, 0.5) is 0 Å². The fourth-order valence-corrected chi connectivity index (χ4v) is 3.55. The number of ether oxygens (including phenoxy) is 1. The molecular weight excluding hydrogens is 354 g/mol. The molecule has 0 unspecified atom stereocenters. The molecule has 0 bridgehead atoms. The first-order valence-electron chi connectivity index (χ1n) is 8.37. The Morgan fingerprint density at radius 2 is 2.12 bits per heavy atom. The van der Waals surface area contributed by atoms with Crippen LogP contribution in [0.25, 0.3) is 16.8 Å². The third-order valence-electron chi connectivity index (χ3n) is 4.56. The lowest BCUT2D eigenvalue weighted by Gasteiger charge is -2.12. The minimum Gasteiger partial charge on any atom is -0.477 e. The number of hydrogen-bond acceptors (Lipinski definition) is 5. The molecule has 0 aliphatic heterocycles. The Morgan fingerprint density at radius 3 is 2.81 bits per heavy atom. The predicted octanol–water partition coefficient (Wildman–Crippen LogP) is 2.19. The van der Waals surface area contributed by atoms with Crippen LogP contribution in [0, 0.1) is 12.8 Å². The van der Waals surface area contributed by atoms with Crippen molar-refractivity contribution in [3.05, 3.63) is 46.6 Å². The van der Waals surface area contributed by atoms with E-state index in [1.165, 1.54) is 6.20 Å². The van der Waals surface area contributed by atoms with Crippen LogP contribution in [0.5, 0.6) is 5.88 Å². The van der Waals surface area contributed by atoms with E-state index in [1.54, 1.807) is 22.9 Å². The van der Waals surface area contributed by atoms with Gasteiger partial charge in [-0.25, -0.2) is 13.4 Å². The average Bonchev–Trinajstić information content (AvgIpc) is 3.35. The van der Waals surface area contributed by atoms with Crippen molar-refractivity contribution in [3.63, 3.8) is 0 Å². The van der Waals surface area contributed by atoms with Crippen LogP contribution >= 0.6 is 0 Å². The van der Waals surface area contributed by atoms with Gasteiger partial charge in [0.15, 0.2) is 9.84 Å². The van der Waals surface area contributed by atoms with Gasteiger partial charge in [0.1, 0.15) is 5.52 Å². The number of sulfone groups is 1. The van der Waals surface area contributed by atoms with Crippen molar-refractivity contribution < 1.29 is 13.2 Å². The monoisotopic (exact) mass is 373 g/mol. The summed E-state index contributed by atoms with van der Waals surface area (Å²) < 4.78 is 31.6. The van der Waals surface area contributed by atoms with Crippen LogP contribution in [-0.4, -0.2) is 35.6 Å². The van der Waals surface area contributed by atoms with Gasteiger partial charge in [-0.15, -0.1) is 0 Å². The topological polar surface area (TPSA) is 93.5 Å². The van der Waals surface area contributed by atoms with Crippen molar-refractivity contribution in [1.82, 2.24) is 14.4 Å². The van der Waals surface area contributed by atoms with Gasteiger partial charge in [0.2, 0.25) is 5.88 Å². The van der Waals surface area contributed by atoms with Gasteiger partial charge in [-0.3, -0.25) is 4.79 Å². The van der Waals surface area contributed by atoms with E-state index in [9.17, 15) is 13.2 Å². The fourth-order valence-electron chi connectivity index (χ4n) is 2.98. The smallest absolute Gasteiger partial charge is 0.272 e. The maximum atomic E-state index is 12.2. The molecule has 0 atom stereocenters. The highest BCUT2D eigenvalue weighted by Gasteiger charge is 2.24. The number of pyridine rings is 1. The number of aryl methyl sites for hydroxylation is 1. The Kier molecular flexibility index (Phi) is 3.87. The predicted molar refractivity (Wildman–Crippen MR) is 97.3 cm³/mol. The van der Waals surface area contributed by atoms with E-state index < -0.39 is 9.84 Å². The second kappa shape index (κ2) is 5.98. The summed E-state index contributed by atoms with van der Waals surface area (Å²) in [6.07, 6.45) is 8.02. The van der Waals surface area contributed by atoms with Crippen LogP contribution in [0.3, 0.4) is 0 Å². The molecule has 0 aromatic carbocycles. The molecule has 0 saturated heterocycles. The molecule has 1 N–H and O–H groups in total. The van der Waals surface area contributed by atoms with Crippen molar-refractivity contribution >= 4 is 15.4 Å². The highest BCUT2D eigenvalue weighted by molar-refractivity contribution is 7.90. The molecule has 1 aliphatic rings. The number of H-pyrrole nitrogens is 1. The minimum atomic E-state index is -3.42. The third kappa shape index (κ3) is 3.01. The van der Waals surface area contributed by atoms with Gasteiger partial charge in [-0.2, -0.15) is 0 Å². The molecule has 3 aromatic heterocycles. The molecule has 136 valence electrons. The first-order valence-corrected chi connectivity index (χ1v) is 10.3. The normalized spacial score (nSPS) is 14.7. The van der Waals surface area contributed by atoms with Crippen molar-refractivity contribution in [2.45, 2.75) is 24.7 Å². The first-order chi connectivity index (χ1) is 12.3. The van der Waals surface area contributed by atoms with Gasteiger partial charge in [0.05, 0.1) is 22.8 Å². The quantitative estimate of drug-likeness (QED) is 0.740. The average molecular weight is 373 g/mol. The second-order valence-electron chi connectivity index (χ2n) is 6.77. The Hall–Kier alpha value is -2.61. The van der Waals surface area contributed by atoms with E-state index in [0.29, 0.717) is 35.2 Å². The highest BCUT2D eigenvalue weighted by Crippen LogP contribution is 2.35. The number of aromatic nitrogens is 3. The van der Waals surface area contributed by atoms with Gasteiger partial charge in [0.25, 0.3) is 5.56 Å². The Balaban J connectivity index is 1.93. The lowest BCUT2D eigenvalue weighted by molar-refractivity contribution is 0.289. The van der Waals surface area contributed by atoms with Gasteiger partial charge < -0.3 is 14.1 Å². The lowest BCUT2D eigenvalue weighted by atomic mass is 10.2. The number of rotatable bonds is 5. The summed E-state index contributed by atoms with van der Waals surface area (Å²) in [6, 6.07) is 3.41. The summed E-state index contributed by atoms with van der Waals surface area (Å²) in [5.74, 6) is 0.914. The summed E-state index contributed by atoms with van der Waals surface area (Å²) in [5.41, 5.74) is 2.33. The SMILES string of the molecule is Cc1cc(-c2cc(S(C)(=O)=O)cnc2OCC2CC2)n2cc[nH]c(=O)c12. The molecule has 1 fully saturated rings. The minimum absolute atomic E-state index is 0.115. The summed E-state index contributed by atoms with van der Waals surface area (Å²) in [4.78, 5) is 19.2. The Morgan fingerprint density at radius 1 is 1.35 bits per heavy atom. The molecular formula is C18H19N3O4S. The molecule has 3 heterocycles. The molecule has 0 amide bonds. The van der Waals surface area contributed by atoms with Crippen LogP contribution in [0.15, 0.2) is 40.4 Å². The van der Waals surface area contributed by atoms with Gasteiger partial charge in [0, 0.05) is 24.8 Å². The van der Waals surface area contributed by atoms with E-state index in [2.05, 4.69) is 9.97 Å². The zero-order valence-corrected chi connectivity index (χ0v) is 15.3. The van der Waals surface area contributed by atoms with Crippen LogP contribution in [-0.2, 0) is 9.84 Å². The largest absolute Gasteiger partial charge is 0.477 e. The highest BCUT2D eigenvalue weighted by atomic mass is 32.2. The molecule has 8 heteroatoms. The van der Waals surface area contributed by atoms with Crippen LogP contribution in [0.2, 0.25) is 0 Å². The van der Waals surface area contributed by atoms with E-state index in [0.717, 1.165) is 24.7 Å². The van der Waals surface area contributed by atoms with Gasteiger partial charge in [-0.05, 0) is 43.4 Å². The molecule has 1 saturated carbocycles. The molecule has 1 aliphatic carbocycles. The molecule has 0 radical (unpaired) electrons. The van der Waals surface area contributed by atoms with E-state index in [-0.39, 0.29) is 10.5 Å². The van der Waals surface area contributed by atoms with Crippen LogP contribution in [0.1, 0.15) is 18.4 Å². The first kappa shape index (κ1) is 16.8. The van der Waals surface area contributed by atoms with E-state index >= 15 is 0 Å². The number of nitrogens with one attached hydrogen (secondary N) is 1. The maximum absolute atomic E-state index is 12.2. The molecule has 4 rings (SSSR count). The van der Waals surface area contributed by atoms with Gasteiger partial charge >= 0.3 is 0 Å². The van der Waals surface area contributed by atoms with Crippen molar-refractivity contribution in [2.75, 3.05) is 12.9 Å². The molecule has 7 nitrogen and oxygen atoms in total. The summed E-state index contributed by atoms with van der Waals surface area (Å²) >= 11 is 0. The number of hydrogen-bond donors (Lipinski definition) is 1. The fraction of sp³-hybridized carbons (Fsp3) is 0.333. The molecule has 26 heavy (non-hydrogen) atoms. The maximum Gasteiger partial charge on any atom is 0.272 e. The summed E-state index contributed by atoms with van der Waals surface area (Å²) in [5, 5.41) is 0. The number of aromatic amines is 1. The van der Waals surface area contributed by atoms with Gasteiger partial charge in [-0.1, -0.05) is 0 Å². The van der Waals surface area contributed by atoms with E-state index in [1.807, 2.05) is 13.0 Å². The summed E-state index contributed by atoms with van der Waals surface area (Å²) in [7, 11) is -3.42. The molecule has 3 aromatic rings. The van der Waals surface area contributed by atoms with Crippen molar-refractivity contribution in [2.24, 2.45) is 5.92 Å². The second-order valence-corrected chi connectivity index (χ2v) is 8.79. The zero-order chi connectivity index (χ0) is 18.5. The number of nitrogens with zero attached hydrogens (tertiary/aromatic N) is 2.